The maximum Gasteiger partial charge on any atom is 0.305 e. The molecule has 33 heavy (non-hydrogen) atoms. The fourth-order valence-corrected chi connectivity index (χ4v) is 4.76. The van der Waals surface area contributed by atoms with E-state index >= 15 is 0 Å². The number of rotatable bonds is 27. The maximum absolute atomic E-state index is 12.2. The van der Waals surface area contributed by atoms with Crippen molar-refractivity contribution in [1.82, 2.24) is 0 Å². The van der Waals surface area contributed by atoms with Crippen LogP contribution in [0.2, 0.25) is 0 Å². The highest BCUT2D eigenvalue weighted by Gasteiger charge is 2.12. The molecule has 1 atom stereocenters. The fourth-order valence-electron chi connectivity index (χ4n) is 4.76. The summed E-state index contributed by atoms with van der Waals surface area (Å²) in [5.74, 6) is 0.621. The molecule has 2 nitrogen and oxygen atoms in total. The zero-order valence-corrected chi connectivity index (χ0v) is 23.3. The molecule has 0 amide bonds. The molecule has 0 heterocycles. The highest BCUT2D eigenvalue weighted by atomic mass is 16.5. The summed E-state index contributed by atoms with van der Waals surface area (Å²) in [4.78, 5) is 12.2. The first-order valence-electron chi connectivity index (χ1n) is 15.4. The third-order valence-electron chi connectivity index (χ3n) is 7.15. The van der Waals surface area contributed by atoms with E-state index in [0.29, 0.717) is 18.9 Å². The molecule has 0 saturated heterocycles. The molecule has 0 fully saturated rings. The van der Waals surface area contributed by atoms with Gasteiger partial charge in [-0.3, -0.25) is 4.79 Å². The van der Waals surface area contributed by atoms with Crippen LogP contribution >= 0.6 is 0 Å². The van der Waals surface area contributed by atoms with Crippen molar-refractivity contribution >= 4 is 5.97 Å². The van der Waals surface area contributed by atoms with E-state index in [1.54, 1.807) is 0 Å². The minimum absolute atomic E-state index is 0.0409. The van der Waals surface area contributed by atoms with Crippen molar-refractivity contribution in [1.29, 1.82) is 0 Å². The van der Waals surface area contributed by atoms with Gasteiger partial charge in [-0.2, -0.15) is 0 Å². The van der Waals surface area contributed by atoms with Crippen molar-refractivity contribution in [2.45, 2.75) is 181 Å². The predicted molar refractivity (Wildman–Crippen MR) is 147 cm³/mol. The molecule has 0 N–H and O–H groups in total. The SMILES string of the molecule is CCCCCCCCCCCCCCCC(=O)OCC(CCCC)CCCCCCCCC. The van der Waals surface area contributed by atoms with E-state index in [1.165, 1.54) is 148 Å². The van der Waals surface area contributed by atoms with Crippen molar-refractivity contribution in [2.24, 2.45) is 5.92 Å². The summed E-state index contributed by atoms with van der Waals surface area (Å²) in [6, 6.07) is 0. The lowest BCUT2D eigenvalue weighted by molar-refractivity contribution is -0.145. The Kier molecular flexibility index (Phi) is 27.3. The molecule has 0 aromatic heterocycles. The van der Waals surface area contributed by atoms with E-state index in [0.717, 1.165) is 6.42 Å². The van der Waals surface area contributed by atoms with Crippen LogP contribution in [0.15, 0.2) is 0 Å². The summed E-state index contributed by atoms with van der Waals surface area (Å²) in [5, 5.41) is 0. The van der Waals surface area contributed by atoms with E-state index in [2.05, 4.69) is 20.8 Å². The first-order chi connectivity index (χ1) is 16.2. The van der Waals surface area contributed by atoms with Crippen molar-refractivity contribution < 1.29 is 9.53 Å². The Hall–Kier alpha value is -0.530. The Labute approximate surface area is 209 Å². The normalized spacial score (nSPS) is 12.2. The lowest BCUT2D eigenvalue weighted by atomic mass is 9.95. The lowest BCUT2D eigenvalue weighted by Gasteiger charge is -2.17. The second-order valence-electron chi connectivity index (χ2n) is 10.6. The second kappa shape index (κ2) is 27.7. The van der Waals surface area contributed by atoms with Gasteiger partial charge in [-0.15, -0.1) is 0 Å². The van der Waals surface area contributed by atoms with Crippen LogP contribution in [-0.4, -0.2) is 12.6 Å². The van der Waals surface area contributed by atoms with Crippen LogP contribution in [0.25, 0.3) is 0 Å². The number of esters is 1. The molecule has 0 bridgehead atoms. The molecule has 0 radical (unpaired) electrons. The largest absolute Gasteiger partial charge is 0.465 e. The quantitative estimate of drug-likeness (QED) is 0.0888. The van der Waals surface area contributed by atoms with Gasteiger partial charge in [-0.05, 0) is 25.2 Å². The number of unbranched alkanes of at least 4 members (excludes halogenated alkanes) is 19. The summed E-state index contributed by atoms with van der Waals surface area (Å²) in [6.07, 6.45) is 32.5. The van der Waals surface area contributed by atoms with Gasteiger partial charge in [0, 0.05) is 6.42 Å². The molecule has 1 unspecified atom stereocenters. The standard InChI is InChI=1S/C31H62O2/c1-4-7-10-12-14-15-16-17-18-19-21-23-25-28-31(32)33-29-30(26-9-6-3)27-24-22-20-13-11-8-5-2/h30H,4-29H2,1-3H3. The average Bonchev–Trinajstić information content (AvgIpc) is 2.82. The van der Waals surface area contributed by atoms with Gasteiger partial charge in [0.25, 0.3) is 0 Å². The highest BCUT2D eigenvalue weighted by Crippen LogP contribution is 2.19. The van der Waals surface area contributed by atoms with E-state index in [1.807, 2.05) is 0 Å². The van der Waals surface area contributed by atoms with Crippen molar-refractivity contribution in [2.75, 3.05) is 6.61 Å². The predicted octanol–water partition coefficient (Wildman–Crippen LogP) is 11.0. The van der Waals surface area contributed by atoms with Gasteiger partial charge in [0.1, 0.15) is 0 Å². The maximum atomic E-state index is 12.2. The molecule has 0 aliphatic rings. The van der Waals surface area contributed by atoms with E-state index < -0.39 is 0 Å². The summed E-state index contributed by atoms with van der Waals surface area (Å²) in [7, 11) is 0. The smallest absolute Gasteiger partial charge is 0.305 e. The van der Waals surface area contributed by atoms with Crippen LogP contribution in [0.5, 0.6) is 0 Å². The molecule has 2 heteroatoms. The molecule has 0 aliphatic carbocycles. The minimum Gasteiger partial charge on any atom is -0.465 e. The third kappa shape index (κ3) is 25.9. The van der Waals surface area contributed by atoms with Crippen LogP contribution in [0.1, 0.15) is 181 Å². The molecule has 0 aromatic rings. The van der Waals surface area contributed by atoms with Gasteiger partial charge < -0.3 is 4.74 Å². The Morgan fingerprint density at radius 3 is 1.30 bits per heavy atom. The molecule has 0 rings (SSSR count). The van der Waals surface area contributed by atoms with Gasteiger partial charge in [0.2, 0.25) is 0 Å². The Morgan fingerprint density at radius 2 is 0.848 bits per heavy atom. The first-order valence-corrected chi connectivity index (χ1v) is 15.4. The van der Waals surface area contributed by atoms with Gasteiger partial charge in [-0.25, -0.2) is 0 Å². The van der Waals surface area contributed by atoms with Crippen LogP contribution in [0.3, 0.4) is 0 Å². The van der Waals surface area contributed by atoms with Gasteiger partial charge in [0.15, 0.2) is 0 Å². The van der Waals surface area contributed by atoms with Gasteiger partial charge >= 0.3 is 5.97 Å². The van der Waals surface area contributed by atoms with E-state index in [4.69, 9.17) is 4.74 Å². The molecule has 198 valence electrons. The summed E-state index contributed by atoms with van der Waals surface area (Å²) in [6.45, 7) is 7.47. The molecule has 0 aliphatic heterocycles. The second-order valence-corrected chi connectivity index (χ2v) is 10.6. The number of carbonyl (C=O) groups excluding carboxylic acids is 1. The van der Waals surface area contributed by atoms with Crippen molar-refractivity contribution in [3.05, 3.63) is 0 Å². The van der Waals surface area contributed by atoms with E-state index in [9.17, 15) is 4.79 Å². The van der Waals surface area contributed by atoms with Crippen molar-refractivity contribution in [3.8, 4) is 0 Å². The Balaban J connectivity index is 3.59. The number of hydrogen-bond donors (Lipinski definition) is 0. The number of ether oxygens (including phenoxy) is 1. The van der Waals surface area contributed by atoms with Crippen LogP contribution in [0.4, 0.5) is 0 Å². The summed E-state index contributed by atoms with van der Waals surface area (Å²) >= 11 is 0. The number of carbonyl (C=O) groups is 1. The average molecular weight is 467 g/mol. The van der Waals surface area contributed by atoms with Crippen LogP contribution in [-0.2, 0) is 9.53 Å². The molecule has 0 saturated carbocycles. The lowest BCUT2D eigenvalue weighted by Crippen LogP contribution is -2.14. The zero-order chi connectivity index (χ0) is 24.2. The van der Waals surface area contributed by atoms with Crippen LogP contribution in [0, 0.1) is 5.92 Å². The van der Waals surface area contributed by atoms with Crippen molar-refractivity contribution in [3.63, 3.8) is 0 Å². The summed E-state index contributed by atoms with van der Waals surface area (Å²) < 4.78 is 5.68. The molecule has 0 aromatic carbocycles. The molecular formula is C31H62O2. The van der Waals surface area contributed by atoms with Gasteiger partial charge in [0.05, 0.1) is 6.61 Å². The number of hydrogen-bond acceptors (Lipinski definition) is 2. The monoisotopic (exact) mass is 466 g/mol. The topological polar surface area (TPSA) is 26.3 Å². The zero-order valence-electron chi connectivity index (χ0n) is 23.3. The van der Waals surface area contributed by atoms with Gasteiger partial charge in [-0.1, -0.05) is 156 Å². The Bertz CT molecular complexity index is 379. The molecule has 0 spiro atoms. The third-order valence-corrected chi connectivity index (χ3v) is 7.15. The summed E-state index contributed by atoms with van der Waals surface area (Å²) in [5.41, 5.74) is 0. The minimum atomic E-state index is 0.0409. The Morgan fingerprint density at radius 1 is 0.485 bits per heavy atom. The molecular weight excluding hydrogens is 404 g/mol. The van der Waals surface area contributed by atoms with E-state index in [-0.39, 0.29) is 5.97 Å². The highest BCUT2D eigenvalue weighted by molar-refractivity contribution is 5.69. The fraction of sp³-hybridized carbons (Fsp3) is 0.968. The first kappa shape index (κ1) is 32.5. The van der Waals surface area contributed by atoms with Crippen LogP contribution < -0.4 is 0 Å².